The molecule has 0 aromatic rings. The standard InChI is InChI=1S/C9H14N2O2/c1-6(2)9(13)11-7-3-4-10-8(12)5-7/h7H,1,3-5H2,2H3,(H,10,12)(H,11,13). The number of amides is 2. The quantitative estimate of drug-likeness (QED) is 0.589. The normalized spacial score (nSPS) is 21.9. The predicted molar refractivity (Wildman–Crippen MR) is 49.0 cm³/mol. The molecule has 1 aliphatic heterocycles. The smallest absolute Gasteiger partial charge is 0.246 e. The topological polar surface area (TPSA) is 58.2 Å². The molecule has 0 aromatic heterocycles. The number of carbonyl (C=O) groups is 2. The first kappa shape index (κ1) is 9.77. The van der Waals surface area contributed by atoms with Gasteiger partial charge < -0.3 is 10.6 Å². The maximum Gasteiger partial charge on any atom is 0.246 e. The fourth-order valence-corrected chi connectivity index (χ4v) is 1.22. The Morgan fingerprint density at radius 3 is 2.92 bits per heavy atom. The van der Waals surface area contributed by atoms with Crippen LogP contribution in [-0.4, -0.2) is 24.4 Å². The first-order valence-electron chi connectivity index (χ1n) is 4.32. The van der Waals surface area contributed by atoms with E-state index in [1.807, 2.05) is 0 Å². The summed E-state index contributed by atoms with van der Waals surface area (Å²) in [5.41, 5.74) is 0.478. The first-order valence-corrected chi connectivity index (χ1v) is 4.32. The van der Waals surface area contributed by atoms with Crippen LogP contribution in [0.1, 0.15) is 19.8 Å². The van der Waals surface area contributed by atoms with Crippen molar-refractivity contribution >= 4 is 11.8 Å². The molecular formula is C9H14N2O2. The van der Waals surface area contributed by atoms with Crippen molar-refractivity contribution in [2.45, 2.75) is 25.8 Å². The highest BCUT2D eigenvalue weighted by atomic mass is 16.2. The third-order valence-electron chi connectivity index (χ3n) is 1.97. The van der Waals surface area contributed by atoms with Gasteiger partial charge in [0, 0.05) is 24.6 Å². The molecule has 1 unspecified atom stereocenters. The lowest BCUT2D eigenvalue weighted by atomic mass is 10.1. The summed E-state index contributed by atoms with van der Waals surface area (Å²) in [6.07, 6.45) is 1.17. The molecule has 13 heavy (non-hydrogen) atoms. The van der Waals surface area contributed by atoms with Crippen molar-refractivity contribution in [1.82, 2.24) is 10.6 Å². The summed E-state index contributed by atoms with van der Waals surface area (Å²) in [4.78, 5) is 22.1. The van der Waals surface area contributed by atoms with Crippen molar-refractivity contribution in [2.75, 3.05) is 6.54 Å². The second-order valence-electron chi connectivity index (χ2n) is 3.29. The molecule has 1 atom stereocenters. The number of rotatable bonds is 2. The average molecular weight is 182 g/mol. The van der Waals surface area contributed by atoms with Crippen LogP contribution in [-0.2, 0) is 9.59 Å². The van der Waals surface area contributed by atoms with Crippen LogP contribution in [0.15, 0.2) is 12.2 Å². The molecule has 1 rings (SSSR count). The van der Waals surface area contributed by atoms with Gasteiger partial charge in [0.2, 0.25) is 11.8 Å². The minimum Gasteiger partial charge on any atom is -0.356 e. The molecule has 1 heterocycles. The summed E-state index contributed by atoms with van der Waals surface area (Å²) < 4.78 is 0. The molecule has 0 aromatic carbocycles. The maximum atomic E-state index is 11.2. The minimum atomic E-state index is -0.167. The summed E-state index contributed by atoms with van der Waals surface area (Å²) in [7, 11) is 0. The molecule has 0 aliphatic carbocycles. The molecule has 1 fully saturated rings. The zero-order chi connectivity index (χ0) is 9.84. The Hall–Kier alpha value is -1.32. The fraction of sp³-hybridized carbons (Fsp3) is 0.556. The van der Waals surface area contributed by atoms with E-state index in [1.54, 1.807) is 6.92 Å². The Labute approximate surface area is 77.4 Å². The average Bonchev–Trinajstić information content (AvgIpc) is 2.04. The SMILES string of the molecule is C=C(C)C(=O)NC1CCNC(=O)C1. The van der Waals surface area contributed by atoms with Gasteiger partial charge in [-0.15, -0.1) is 0 Å². The van der Waals surface area contributed by atoms with Crippen molar-refractivity contribution in [3.63, 3.8) is 0 Å². The van der Waals surface area contributed by atoms with Gasteiger partial charge in [0.05, 0.1) is 0 Å². The highest BCUT2D eigenvalue weighted by Gasteiger charge is 2.20. The highest BCUT2D eigenvalue weighted by Crippen LogP contribution is 2.03. The summed E-state index contributed by atoms with van der Waals surface area (Å²) >= 11 is 0. The number of hydrogen-bond donors (Lipinski definition) is 2. The van der Waals surface area contributed by atoms with Gasteiger partial charge in [0.25, 0.3) is 0 Å². The summed E-state index contributed by atoms with van der Waals surface area (Å²) in [6, 6.07) is -0.0297. The van der Waals surface area contributed by atoms with Crippen LogP contribution in [0.25, 0.3) is 0 Å². The minimum absolute atomic E-state index is 0.00161. The Kier molecular flexibility index (Phi) is 3.06. The zero-order valence-electron chi connectivity index (χ0n) is 7.72. The number of hydrogen-bond acceptors (Lipinski definition) is 2. The van der Waals surface area contributed by atoms with Crippen LogP contribution in [0.2, 0.25) is 0 Å². The third-order valence-corrected chi connectivity index (χ3v) is 1.97. The number of piperidine rings is 1. The Balaban J connectivity index is 2.40. The van der Waals surface area contributed by atoms with E-state index in [2.05, 4.69) is 17.2 Å². The molecule has 4 heteroatoms. The predicted octanol–water partition coefficient (Wildman–Crippen LogP) is -0.0427. The molecule has 2 amide bonds. The van der Waals surface area contributed by atoms with Gasteiger partial charge in [-0.05, 0) is 13.3 Å². The first-order chi connectivity index (χ1) is 6.09. The van der Waals surface area contributed by atoms with E-state index in [4.69, 9.17) is 0 Å². The number of carbonyl (C=O) groups excluding carboxylic acids is 2. The monoisotopic (exact) mass is 182 g/mol. The molecule has 0 spiro atoms. The second kappa shape index (κ2) is 4.07. The van der Waals surface area contributed by atoms with Crippen LogP contribution in [0.3, 0.4) is 0 Å². The summed E-state index contributed by atoms with van der Waals surface area (Å²) in [6.45, 7) is 5.82. The van der Waals surface area contributed by atoms with E-state index in [9.17, 15) is 9.59 Å². The highest BCUT2D eigenvalue weighted by molar-refractivity contribution is 5.92. The van der Waals surface area contributed by atoms with Crippen molar-refractivity contribution in [3.05, 3.63) is 12.2 Å². The van der Waals surface area contributed by atoms with Gasteiger partial charge >= 0.3 is 0 Å². The third kappa shape index (κ3) is 2.89. The van der Waals surface area contributed by atoms with Crippen LogP contribution < -0.4 is 10.6 Å². The van der Waals surface area contributed by atoms with E-state index in [1.165, 1.54) is 0 Å². The lowest BCUT2D eigenvalue weighted by molar-refractivity contribution is -0.123. The van der Waals surface area contributed by atoms with Crippen molar-refractivity contribution < 1.29 is 9.59 Å². The molecule has 0 bridgehead atoms. The molecule has 0 radical (unpaired) electrons. The molecule has 72 valence electrons. The molecule has 1 aliphatic rings. The van der Waals surface area contributed by atoms with Gasteiger partial charge in [0.15, 0.2) is 0 Å². The fourth-order valence-electron chi connectivity index (χ4n) is 1.22. The molecule has 1 saturated heterocycles. The lowest BCUT2D eigenvalue weighted by Gasteiger charge is -2.22. The van der Waals surface area contributed by atoms with Crippen LogP contribution in [0, 0.1) is 0 Å². The van der Waals surface area contributed by atoms with E-state index in [0.29, 0.717) is 18.5 Å². The van der Waals surface area contributed by atoms with Crippen molar-refractivity contribution in [2.24, 2.45) is 0 Å². The van der Waals surface area contributed by atoms with E-state index in [-0.39, 0.29) is 17.9 Å². The van der Waals surface area contributed by atoms with Gasteiger partial charge in [-0.25, -0.2) is 0 Å². The van der Waals surface area contributed by atoms with Gasteiger partial charge in [-0.1, -0.05) is 6.58 Å². The van der Waals surface area contributed by atoms with Gasteiger partial charge in [0.1, 0.15) is 0 Å². The Morgan fingerprint density at radius 2 is 2.38 bits per heavy atom. The maximum absolute atomic E-state index is 11.2. The summed E-state index contributed by atoms with van der Waals surface area (Å²) in [5.74, 6) is -0.169. The largest absolute Gasteiger partial charge is 0.356 e. The van der Waals surface area contributed by atoms with Crippen LogP contribution >= 0.6 is 0 Å². The second-order valence-corrected chi connectivity index (χ2v) is 3.29. The van der Waals surface area contributed by atoms with Crippen LogP contribution in [0.4, 0.5) is 0 Å². The molecule has 0 saturated carbocycles. The number of nitrogens with one attached hydrogen (secondary N) is 2. The van der Waals surface area contributed by atoms with E-state index in [0.717, 1.165) is 6.42 Å². The Bertz CT molecular complexity index is 248. The van der Waals surface area contributed by atoms with Crippen molar-refractivity contribution in [1.29, 1.82) is 0 Å². The molecule has 2 N–H and O–H groups in total. The Morgan fingerprint density at radius 1 is 1.69 bits per heavy atom. The lowest BCUT2D eigenvalue weighted by Crippen LogP contribution is -2.45. The molecule has 4 nitrogen and oxygen atoms in total. The molecular weight excluding hydrogens is 168 g/mol. The summed E-state index contributed by atoms with van der Waals surface area (Å²) in [5, 5.41) is 5.45. The van der Waals surface area contributed by atoms with Crippen molar-refractivity contribution in [3.8, 4) is 0 Å². The van der Waals surface area contributed by atoms with Gasteiger partial charge in [-0.2, -0.15) is 0 Å². The van der Waals surface area contributed by atoms with Gasteiger partial charge in [-0.3, -0.25) is 9.59 Å². The van der Waals surface area contributed by atoms with E-state index >= 15 is 0 Å². The zero-order valence-corrected chi connectivity index (χ0v) is 7.72. The van der Waals surface area contributed by atoms with Crippen LogP contribution in [0.5, 0.6) is 0 Å². The van der Waals surface area contributed by atoms with E-state index < -0.39 is 0 Å².